The summed E-state index contributed by atoms with van der Waals surface area (Å²) in [4.78, 5) is 30.7. The highest BCUT2D eigenvalue weighted by atomic mass is 32.1. The van der Waals surface area contributed by atoms with E-state index in [0.29, 0.717) is 33.4 Å². The molecule has 0 saturated heterocycles. The van der Waals surface area contributed by atoms with Gasteiger partial charge in [0.25, 0.3) is 0 Å². The number of carbonyl (C=O) groups is 1. The lowest BCUT2D eigenvalue weighted by Crippen LogP contribution is -2.17. The van der Waals surface area contributed by atoms with E-state index in [9.17, 15) is 14.7 Å². The van der Waals surface area contributed by atoms with Crippen molar-refractivity contribution in [1.82, 2.24) is 9.38 Å². The van der Waals surface area contributed by atoms with E-state index in [-0.39, 0.29) is 28.9 Å². The summed E-state index contributed by atoms with van der Waals surface area (Å²) in [5, 5.41) is 12.6. The molecule has 0 radical (unpaired) electrons. The van der Waals surface area contributed by atoms with Crippen molar-refractivity contribution in [3.8, 4) is 28.7 Å². The maximum Gasteiger partial charge on any atom is 0.306 e. The Morgan fingerprint density at radius 3 is 2.88 bits per heavy atom. The molecule has 2 aromatic carbocycles. The van der Waals surface area contributed by atoms with Crippen LogP contribution in [-0.2, 0) is 9.53 Å². The summed E-state index contributed by atoms with van der Waals surface area (Å²) in [6.45, 7) is 0. The van der Waals surface area contributed by atoms with Crippen molar-refractivity contribution in [2.24, 2.45) is 0 Å². The van der Waals surface area contributed by atoms with E-state index in [1.165, 1.54) is 30.6 Å². The standard InChI is InChI=1S/C24H16N2O6S/c1-30-18(29)9-13-19-17(32-23-21(13)26-7-8-33-24(26)25-23)11-15(28)20-14(27)10-16(31-22(19)20)12-5-3-2-4-6-12/h2-8,10-11,13,28H,9H2,1H3/t13-/m0/s1. The number of rotatable bonds is 3. The Bertz CT molecular complexity index is 1620. The number of aromatic hydroxyl groups is 1. The molecule has 8 nitrogen and oxygen atoms in total. The van der Waals surface area contributed by atoms with Crippen LogP contribution in [0.3, 0.4) is 0 Å². The number of carbonyl (C=O) groups excluding carboxylic acids is 1. The van der Waals surface area contributed by atoms with Crippen LogP contribution in [0.25, 0.3) is 27.3 Å². The predicted octanol–water partition coefficient (Wildman–Crippen LogP) is 4.68. The monoisotopic (exact) mass is 460 g/mol. The highest BCUT2D eigenvalue weighted by Crippen LogP contribution is 2.50. The molecule has 1 aliphatic heterocycles. The van der Waals surface area contributed by atoms with E-state index in [0.717, 1.165) is 0 Å². The molecule has 0 fully saturated rings. The number of phenolic OH excluding ortho intramolecular Hbond substituents is 1. The Morgan fingerprint density at radius 2 is 2.09 bits per heavy atom. The van der Waals surface area contributed by atoms with Crippen molar-refractivity contribution >= 4 is 33.2 Å². The largest absolute Gasteiger partial charge is 0.507 e. The molecule has 0 unspecified atom stereocenters. The molecular weight excluding hydrogens is 444 g/mol. The number of nitrogens with zero attached hydrogens (tertiary/aromatic N) is 2. The summed E-state index contributed by atoms with van der Waals surface area (Å²) in [7, 11) is 1.32. The minimum Gasteiger partial charge on any atom is -0.507 e. The van der Waals surface area contributed by atoms with Gasteiger partial charge in [-0.2, -0.15) is 4.98 Å². The first-order valence-corrected chi connectivity index (χ1v) is 11.0. The van der Waals surface area contributed by atoms with E-state index in [4.69, 9.17) is 13.9 Å². The van der Waals surface area contributed by atoms with Crippen LogP contribution in [0.4, 0.5) is 0 Å². The maximum absolute atomic E-state index is 13.1. The number of benzene rings is 2. The first-order valence-electron chi connectivity index (χ1n) is 10.1. The molecule has 1 atom stereocenters. The molecule has 0 saturated carbocycles. The lowest BCUT2D eigenvalue weighted by molar-refractivity contribution is -0.140. The van der Waals surface area contributed by atoms with Gasteiger partial charge >= 0.3 is 5.97 Å². The van der Waals surface area contributed by atoms with Gasteiger partial charge in [0, 0.05) is 40.8 Å². The molecule has 0 amide bonds. The van der Waals surface area contributed by atoms with Crippen LogP contribution in [0.1, 0.15) is 23.6 Å². The highest BCUT2D eigenvalue weighted by Gasteiger charge is 2.37. The minimum atomic E-state index is -0.571. The van der Waals surface area contributed by atoms with Crippen LogP contribution in [0, 0.1) is 0 Å². The average Bonchev–Trinajstić information content (AvgIpc) is 3.39. The lowest BCUT2D eigenvalue weighted by Gasteiger charge is -2.26. The maximum atomic E-state index is 13.1. The number of hydrogen-bond acceptors (Lipinski definition) is 8. The second-order valence-electron chi connectivity index (χ2n) is 7.65. The number of methoxy groups -OCH3 is 1. The number of thiazole rings is 1. The SMILES string of the molecule is COC(=O)C[C@H]1c2c(cc(O)c3c(=O)cc(-c4ccccc4)oc23)Oc2nc3sccn3c21. The molecular formula is C24H16N2O6S. The number of ether oxygens (including phenoxy) is 2. The van der Waals surface area contributed by atoms with E-state index in [1.807, 2.05) is 46.3 Å². The molecule has 9 heteroatoms. The molecule has 1 N–H and O–H groups in total. The number of hydrogen-bond donors (Lipinski definition) is 1. The van der Waals surface area contributed by atoms with E-state index >= 15 is 0 Å². The summed E-state index contributed by atoms with van der Waals surface area (Å²) in [5.74, 6) is -0.315. The molecule has 6 rings (SSSR count). The Morgan fingerprint density at radius 1 is 1.27 bits per heavy atom. The third-order valence-corrected chi connectivity index (χ3v) is 6.55. The summed E-state index contributed by atoms with van der Waals surface area (Å²) in [6, 6.07) is 11.9. The van der Waals surface area contributed by atoms with Gasteiger partial charge in [-0.3, -0.25) is 14.0 Å². The zero-order chi connectivity index (χ0) is 22.7. The van der Waals surface area contributed by atoms with Crippen LogP contribution >= 0.6 is 11.3 Å². The summed E-state index contributed by atoms with van der Waals surface area (Å²) in [6.07, 6.45) is 1.82. The molecule has 0 aliphatic carbocycles. The van der Waals surface area contributed by atoms with Gasteiger partial charge in [0.15, 0.2) is 10.4 Å². The number of aromatic nitrogens is 2. The second kappa shape index (κ2) is 7.21. The zero-order valence-electron chi connectivity index (χ0n) is 17.3. The molecule has 0 bridgehead atoms. The zero-order valence-corrected chi connectivity index (χ0v) is 18.1. The predicted molar refractivity (Wildman–Crippen MR) is 121 cm³/mol. The molecule has 164 valence electrons. The van der Waals surface area contributed by atoms with Crippen molar-refractivity contribution < 1.29 is 23.8 Å². The van der Waals surface area contributed by atoms with E-state index < -0.39 is 17.3 Å². The highest BCUT2D eigenvalue weighted by molar-refractivity contribution is 7.15. The fraction of sp³-hybridized carbons (Fsp3) is 0.125. The number of imidazole rings is 1. The van der Waals surface area contributed by atoms with Crippen LogP contribution < -0.4 is 10.2 Å². The van der Waals surface area contributed by atoms with Gasteiger partial charge in [0.2, 0.25) is 5.88 Å². The third-order valence-electron chi connectivity index (χ3n) is 5.79. The van der Waals surface area contributed by atoms with Crippen LogP contribution in [-0.4, -0.2) is 27.6 Å². The Labute approximate surface area is 190 Å². The quantitative estimate of drug-likeness (QED) is 0.390. The van der Waals surface area contributed by atoms with Crippen LogP contribution in [0.15, 0.2) is 63.3 Å². The fourth-order valence-corrected chi connectivity index (χ4v) is 5.05. The van der Waals surface area contributed by atoms with Gasteiger partial charge < -0.3 is 19.0 Å². The molecule has 1 aliphatic rings. The normalized spacial score (nSPS) is 14.6. The van der Waals surface area contributed by atoms with Crippen LogP contribution in [0.5, 0.6) is 17.4 Å². The van der Waals surface area contributed by atoms with Gasteiger partial charge in [-0.25, -0.2) is 0 Å². The molecule has 3 aromatic heterocycles. The van der Waals surface area contributed by atoms with Crippen molar-refractivity contribution in [3.63, 3.8) is 0 Å². The fourth-order valence-electron chi connectivity index (χ4n) is 4.34. The second-order valence-corrected chi connectivity index (χ2v) is 8.52. The van der Waals surface area contributed by atoms with Crippen molar-refractivity contribution in [2.75, 3.05) is 7.11 Å². The Kier molecular flexibility index (Phi) is 4.27. The number of fused-ring (bicyclic) bond motifs is 6. The molecule has 4 heterocycles. The van der Waals surface area contributed by atoms with Gasteiger partial charge in [-0.05, 0) is 0 Å². The topological polar surface area (TPSA) is 103 Å². The van der Waals surface area contributed by atoms with Crippen molar-refractivity contribution in [2.45, 2.75) is 12.3 Å². The minimum absolute atomic E-state index is 0.0251. The first-order chi connectivity index (χ1) is 16.0. The van der Waals surface area contributed by atoms with Gasteiger partial charge in [-0.1, -0.05) is 30.3 Å². The smallest absolute Gasteiger partial charge is 0.306 e. The first kappa shape index (κ1) is 19.6. The third kappa shape index (κ3) is 2.93. The Hall–Kier alpha value is -4.11. The lowest BCUT2D eigenvalue weighted by atomic mass is 9.88. The summed E-state index contributed by atoms with van der Waals surface area (Å²) >= 11 is 1.43. The van der Waals surface area contributed by atoms with Gasteiger partial charge in [-0.15, -0.1) is 11.3 Å². The van der Waals surface area contributed by atoms with Crippen molar-refractivity contribution in [1.29, 1.82) is 0 Å². The number of phenols is 1. The van der Waals surface area contributed by atoms with Gasteiger partial charge in [0.1, 0.15) is 28.2 Å². The van der Waals surface area contributed by atoms with E-state index in [1.54, 1.807) is 0 Å². The van der Waals surface area contributed by atoms with E-state index in [2.05, 4.69) is 4.98 Å². The molecule has 33 heavy (non-hydrogen) atoms. The van der Waals surface area contributed by atoms with Crippen LogP contribution in [0.2, 0.25) is 0 Å². The molecule has 0 spiro atoms. The molecule has 5 aromatic rings. The summed E-state index contributed by atoms with van der Waals surface area (Å²) in [5.41, 5.74) is 1.63. The Balaban J connectivity index is 1.69. The van der Waals surface area contributed by atoms with Gasteiger partial charge in [0.05, 0.1) is 19.2 Å². The number of esters is 1. The summed E-state index contributed by atoms with van der Waals surface area (Å²) < 4.78 is 19.1. The van der Waals surface area contributed by atoms with Crippen molar-refractivity contribution in [3.05, 3.63) is 75.5 Å². The average molecular weight is 460 g/mol.